The van der Waals surface area contributed by atoms with Gasteiger partial charge in [0.25, 0.3) is 0 Å². The zero-order chi connectivity index (χ0) is 12.5. The Bertz CT molecular complexity index is 424. The highest BCUT2D eigenvalue weighted by Crippen LogP contribution is 2.45. The summed E-state index contributed by atoms with van der Waals surface area (Å²) in [6.45, 7) is 4.13. The summed E-state index contributed by atoms with van der Waals surface area (Å²) in [6, 6.07) is 7.79. The number of Topliss-reactive ketones (excluding diaryl/α,β-unsaturated/α-hetero) is 1. The highest BCUT2D eigenvalue weighted by Gasteiger charge is 2.53. The van der Waals surface area contributed by atoms with Crippen molar-refractivity contribution in [2.75, 3.05) is 0 Å². The predicted molar refractivity (Wildman–Crippen MR) is 71.2 cm³/mol. The van der Waals surface area contributed by atoms with Crippen LogP contribution < -0.4 is 4.74 Å². The van der Waals surface area contributed by atoms with Crippen molar-refractivity contribution in [2.45, 2.75) is 39.2 Å². The van der Waals surface area contributed by atoms with E-state index in [1.807, 2.05) is 24.3 Å². The van der Waals surface area contributed by atoms with Crippen molar-refractivity contribution < 1.29 is 9.53 Å². The molecule has 0 aromatic heterocycles. The number of hydrogen-bond acceptors (Lipinski definition) is 2. The van der Waals surface area contributed by atoms with Gasteiger partial charge in [-0.1, -0.05) is 35.8 Å². The molecule has 17 heavy (non-hydrogen) atoms. The normalized spacial score (nSPS) is 22.1. The van der Waals surface area contributed by atoms with Crippen LogP contribution in [0.4, 0.5) is 0 Å². The number of ether oxygens (including phenoxy) is 1. The van der Waals surface area contributed by atoms with E-state index in [2.05, 4.69) is 29.8 Å². The molecule has 1 fully saturated rings. The van der Waals surface area contributed by atoms with Crippen LogP contribution in [0.3, 0.4) is 0 Å². The molecular formula is C14H17BrO2. The molecule has 0 bridgehead atoms. The maximum atomic E-state index is 11.8. The van der Waals surface area contributed by atoms with E-state index in [1.54, 1.807) is 0 Å². The molecule has 0 N–H and O–H groups in total. The number of carbonyl (C=O) groups is 1. The molecular weight excluding hydrogens is 280 g/mol. The highest BCUT2D eigenvalue weighted by atomic mass is 79.9. The summed E-state index contributed by atoms with van der Waals surface area (Å²) in [5.74, 6) is 1.19. The van der Waals surface area contributed by atoms with E-state index in [0.717, 1.165) is 23.1 Å². The van der Waals surface area contributed by atoms with Gasteiger partial charge in [-0.25, -0.2) is 0 Å². The van der Waals surface area contributed by atoms with Gasteiger partial charge >= 0.3 is 0 Å². The molecule has 2 rings (SSSR count). The molecule has 0 radical (unpaired) electrons. The summed E-state index contributed by atoms with van der Waals surface area (Å²) in [5, 5.41) is 0. The fraction of sp³-hybridized carbons (Fsp3) is 0.500. The average Bonchev–Trinajstić information content (AvgIpc) is 2.30. The van der Waals surface area contributed by atoms with Gasteiger partial charge in [0.1, 0.15) is 17.6 Å². The molecule has 0 spiro atoms. The Hall–Kier alpha value is -0.830. The molecule has 1 saturated carbocycles. The average molecular weight is 297 g/mol. The Morgan fingerprint density at radius 3 is 2.65 bits per heavy atom. The van der Waals surface area contributed by atoms with E-state index in [4.69, 9.17) is 4.74 Å². The second kappa shape index (κ2) is 4.81. The van der Waals surface area contributed by atoms with Crippen molar-refractivity contribution in [3.63, 3.8) is 0 Å². The van der Waals surface area contributed by atoms with Crippen LogP contribution in [0.5, 0.6) is 5.75 Å². The molecule has 3 heteroatoms. The van der Waals surface area contributed by atoms with Gasteiger partial charge in [0.05, 0.1) is 5.41 Å². The van der Waals surface area contributed by atoms with Crippen LogP contribution >= 0.6 is 15.9 Å². The number of ketones is 1. The Kier molecular flexibility index (Phi) is 3.57. The number of benzene rings is 1. The first-order chi connectivity index (χ1) is 8.12. The lowest BCUT2D eigenvalue weighted by molar-refractivity contribution is -0.153. The van der Waals surface area contributed by atoms with Crippen LogP contribution in [0.25, 0.3) is 0 Å². The lowest BCUT2D eigenvalue weighted by Crippen LogP contribution is -2.56. The fourth-order valence-corrected chi connectivity index (χ4v) is 2.95. The van der Waals surface area contributed by atoms with Crippen molar-refractivity contribution in [3.8, 4) is 5.75 Å². The van der Waals surface area contributed by atoms with Gasteiger partial charge in [0.15, 0.2) is 0 Å². The number of rotatable bonds is 4. The number of carbonyl (C=O) groups excluding carboxylic acids is 1. The summed E-state index contributed by atoms with van der Waals surface area (Å²) < 4.78 is 6.95. The molecule has 0 amide bonds. The molecule has 0 heterocycles. The van der Waals surface area contributed by atoms with Gasteiger partial charge < -0.3 is 4.74 Å². The van der Waals surface area contributed by atoms with Crippen LogP contribution in [0.2, 0.25) is 0 Å². The topological polar surface area (TPSA) is 26.3 Å². The van der Waals surface area contributed by atoms with E-state index >= 15 is 0 Å². The van der Waals surface area contributed by atoms with Crippen molar-refractivity contribution in [1.29, 1.82) is 0 Å². The fourth-order valence-electron chi connectivity index (χ4n) is 2.57. The lowest BCUT2D eigenvalue weighted by atomic mass is 9.61. The van der Waals surface area contributed by atoms with Crippen molar-refractivity contribution in [1.82, 2.24) is 0 Å². The SMILES string of the molecule is CCC1(CC)C(=O)CC1Oc1cccc(Br)c1. The second-order valence-electron chi connectivity index (χ2n) is 4.55. The minimum absolute atomic E-state index is 0.0410. The highest BCUT2D eigenvalue weighted by molar-refractivity contribution is 9.10. The van der Waals surface area contributed by atoms with E-state index in [0.29, 0.717) is 12.2 Å². The number of hydrogen-bond donors (Lipinski definition) is 0. The molecule has 1 aliphatic carbocycles. The smallest absolute Gasteiger partial charge is 0.146 e. The quantitative estimate of drug-likeness (QED) is 0.840. The van der Waals surface area contributed by atoms with Crippen LogP contribution in [-0.4, -0.2) is 11.9 Å². The molecule has 0 aliphatic heterocycles. The lowest BCUT2D eigenvalue weighted by Gasteiger charge is -2.46. The minimum Gasteiger partial charge on any atom is -0.489 e. The van der Waals surface area contributed by atoms with Gasteiger partial charge in [0, 0.05) is 10.9 Å². The molecule has 1 aromatic rings. The summed E-state index contributed by atoms with van der Waals surface area (Å²) in [5.41, 5.74) is -0.248. The zero-order valence-electron chi connectivity index (χ0n) is 10.2. The van der Waals surface area contributed by atoms with E-state index in [-0.39, 0.29) is 11.5 Å². The molecule has 2 nitrogen and oxygen atoms in total. The van der Waals surface area contributed by atoms with Crippen molar-refractivity contribution in [2.24, 2.45) is 5.41 Å². The molecule has 0 saturated heterocycles. The number of halogens is 1. The Balaban J connectivity index is 2.13. The maximum absolute atomic E-state index is 11.8. The van der Waals surface area contributed by atoms with Gasteiger partial charge in [-0.05, 0) is 31.0 Å². The molecule has 1 atom stereocenters. The predicted octanol–water partition coefficient (Wildman–Crippen LogP) is 3.98. The van der Waals surface area contributed by atoms with Crippen LogP contribution in [0.1, 0.15) is 33.1 Å². The summed E-state index contributed by atoms with van der Waals surface area (Å²) in [4.78, 5) is 11.8. The van der Waals surface area contributed by atoms with E-state index in [1.165, 1.54) is 0 Å². The van der Waals surface area contributed by atoms with Crippen LogP contribution in [0.15, 0.2) is 28.7 Å². The third-order valence-corrected chi connectivity index (χ3v) is 4.37. The van der Waals surface area contributed by atoms with E-state index in [9.17, 15) is 4.79 Å². The zero-order valence-corrected chi connectivity index (χ0v) is 11.8. The van der Waals surface area contributed by atoms with E-state index < -0.39 is 0 Å². The third-order valence-electron chi connectivity index (χ3n) is 3.88. The summed E-state index contributed by atoms with van der Waals surface area (Å²) in [7, 11) is 0. The summed E-state index contributed by atoms with van der Waals surface area (Å²) >= 11 is 3.42. The Labute approximate surface area is 110 Å². The van der Waals surface area contributed by atoms with Crippen molar-refractivity contribution in [3.05, 3.63) is 28.7 Å². The first-order valence-electron chi connectivity index (χ1n) is 6.08. The standard InChI is InChI=1S/C14H17BrO2/c1-3-14(4-2)12(16)9-13(14)17-11-7-5-6-10(15)8-11/h5-8,13H,3-4,9H2,1-2H3. The molecule has 92 valence electrons. The van der Waals surface area contributed by atoms with Gasteiger partial charge in [-0.3, -0.25) is 4.79 Å². The van der Waals surface area contributed by atoms with Gasteiger partial charge in [-0.15, -0.1) is 0 Å². The first kappa shape index (κ1) is 12.6. The van der Waals surface area contributed by atoms with Crippen molar-refractivity contribution >= 4 is 21.7 Å². The summed E-state index contributed by atoms with van der Waals surface area (Å²) in [6.07, 6.45) is 2.32. The Morgan fingerprint density at radius 2 is 2.12 bits per heavy atom. The van der Waals surface area contributed by atoms with Crippen LogP contribution in [0, 0.1) is 5.41 Å². The molecule has 1 aliphatic rings. The van der Waals surface area contributed by atoms with Gasteiger partial charge in [0.2, 0.25) is 0 Å². The molecule has 1 aromatic carbocycles. The third kappa shape index (κ3) is 2.13. The first-order valence-corrected chi connectivity index (χ1v) is 6.87. The second-order valence-corrected chi connectivity index (χ2v) is 5.47. The minimum atomic E-state index is -0.248. The largest absolute Gasteiger partial charge is 0.489 e. The monoisotopic (exact) mass is 296 g/mol. The van der Waals surface area contributed by atoms with Crippen LogP contribution in [-0.2, 0) is 4.79 Å². The maximum Gasteiger partial charge on any atom is 0.146 e. The Morgan fingerprint density at radius 1 is 1.41 bits per heavy atom. The van der Waals surface area contributed by atoms with Gasteiger partial charge in [-0.2, -0.15) is 0 Å². The molecule has 1 unspecified atom stereocenters.